The van der Waals surface area contributed by atoms with E-state index in [1.807, 2.05) is 37.3 Å². The maximum Gasteiger partial charge on any atom is 0.311 e. The van der Waals surface area contributed by atoms with Crippen LogP contribution >= 0.6 is 11.6 Å². The minimum Gasteiger partial charge on any atom is -0.493 e. The summed E-state index contributed by atoms with van der Waals surface area (Å²) >= 11 is 6.16. The molecular formula is C20H20ClNO4. The van der Waals surface area contributed by atoms with Crippen LogP contribution in [0.15, 0.2) is 48.5 Å². The molecule has 0 bridgehead atoms. The van der Waals surface area contributed by atoms with Gasteiger partial charge in [0, 0.05) is 18.5 Å². The normalized spacial score (nSPS) is 16.6. The molecule has 0 spiro atoms. The van der Waals surface area contributed by atoms with Gasteiger partial charge in [0.25, 0.3) is 0 Å². The second-order valence-corrected chi connectivity index (χ2v) is 6.41. The number of halogens is 1. The van der Waals surface area contributed by atoms with E-state index in [1.54, 1.807) is 23.1 Å². The topological polar surface area (TPSA) is 55.8 Å². The SMILES string of the molecule is CCOc1ccccc1COC(=O)C1CC(=O)N(c2ccccc2Cl)C1. The lowest BCUT2D eigenvalue weighted by atomic mass is 10.1. The van der Waals surface area contributed by atoms with Crippen molar-refractivity contribution in [2.75, 3.05) is 18.1 Å². The van der Waals surface area contributed by atoms with Gasteiger partial charge >= 0.3 is 5.97 Å². The van der Waals surface area contributed by atoms with Crippen molar-refractivity contribution in [2.45, 2.75) is 20.0 Å². The van der Waals surface area contributed by atoms with Crippen molar-refractivity contribution in [3.8, 4) is 5.75 Å². The van der Waals surface area contributed by atoms with E-state index in [2.05, 4.69) is 0 Å². The van der Waals surface area contributed by atoms with Crippen molar-refractivity contribution < 1.29 is 19.1 Å². The minimum atomic E-state index is -0.502. The minimum absolute atomic E-state index is 0.117. The number of anilines is 1. The molecule has 0 aliphatic carbocycles. The number of benzene rings is 2. The number of rotatable bonds is 6. The number of hydrogen-bond donors (Lipinski definition) is 0. The van der Waals surface area contributed by atoms with Gasteiger partial charge in [-0.05, 0) is 25.1 Å². The fourth-order valence-corrected chi connectivity index (χ4v) is 3.19. The summed E-state index contributed by atoms with van der Waals surface area (Å²) in [7, 11) is 0. The van der Waals surface area contributed by atoms with Crippen molar-refractivity contribution >= 4 is 29.2 Å². The third kappa shape index (κ3) is 3.99. The van der Waals surface area contributed by atoms with Crippen molar-refractivity contribution in [3.05, 3.63) is 59.1 Å². The monoisotopic (exact) mass is 373 g/mol. The van der Waals surface area contributed by atoms with Crippen LogP contribution in [-0.2, 0) is 20.9 Å². The van der Waals surface area contributed by atoms with Crippen molar-refractivity contribution in [3.63, 3.8) is 0 Å². The smallest absolute Gasteiger partial charge is 0.311 e. The van der Waals surface area contributed by atoms with E-state index in [9.17, 15) is 9.59 Å². The van der Waals surface area contributed by atoms with E-state index < -0.39 is 5.92 Å². The molecule has 1 heterocycles. The van der Waals surface area contributed by atoms with Gasteiger partial charge in [-0.2, -0.15) is 0 Å². The Morgan fingerprint density at radius 1 is 1.19 bits per heavy atom. The van der Waals surface area contributed by atoms with Gasteiger partial charge in [-0.1, -0.05) is 41.9 Å². The zero-order chi connectivity index (χ0) is 18.5. The molecule has 1 saturated heterocycles. The third-order valence-electron chi connectivity index (χ3n) is 4.24. The van der Waals surface area contributed by atoms with Crippen molar-refractivity contribution in [2.24, 2.45) is 5.92 Å². The first-order valence-corrected chi connectivity index (χ1v) is 8.90. The van der Waals surface area contributed by atoms with Crippen LogP contribution in [0.2, 0.25) is 5.02 Å². The average Bonchev–Trinajstić information content (AvgIpc) is 3.03. The molecule has 0 aromatic heterocycles. The number of hydrogen-bond acceptors (Lipinski definition) is 4. The predicted octanol–water partition coefficient (Wildman–Crippen LogP) is 3.84. The number of carbonyl (C=O) groups is 2. The highest BCUT2D eigenvalue weighted by Gasteiger charge is 2.36. The molecule has 0 saturated carbocycles. The standard InChI is InChI=1S/C20H20ClNO4/c1-2-25-18-10-6-3-7-14(18)13-26-20(24)15-11-19(23)22(12-15)17-9-5-4-8-16(17)21/h3-10,15H,2,11-13H2,1H3. The zero-order valence-electron chi connectivity index (χ0n) is 14.5. The summed E-state index contributed by atoms with van der Waals surface area (Å²) in [6.45, 7) is 2.82. The van der Waals surface area contributed by atoms with Crippen LogP contribution in [0, 0.1) is 5.92 Å². The van der Waals surface area contributed by atoms with Crippen LogP contribution in [-0.4, -0.2) is 25.0 Å². The molecule has 136 valence electrons. The largest absolute Gasteiger partial charge is 0.493 e. The lowest BCUT2D eigenvalue weighted by Crippen LogP contribution is -2.26. The van der Waals surface area contributed by atoms with E-state index >= 15 is 0 Å². The number of nitrogens with zero attached hydrogens (tertiary/aromatic N) is 1. The van der Waals surface area contributed by atoms with Gasteiger partial charge in [0.1, 0.15) is 12.4 Å². The van der Waals surface area contributed by atoms with E-state index in [1.165, 1.54) is 0 Å². The Labute approximate surface area is 157 Å². The Morgan fingerprint density at radius 2 is 1.92 bits per heavy atom. The van der Waals surface area contributed by atoms with Gasteiger partial charge in [0.2, 0.25) is 5.91 Å². The Bertz CT molecular complexity index is 808. The summed E-state index contributed by atoms with van der Waals surface area (Å²) in [5.74, 6) is -0.324. The molecule has 1 fully saturated rings. The highest BCUT2D eigenvalue weighted by Crippen LogP contribution is 2.31. The Kier molecular flexibility index (Phi) is 5.78. The van der Waals surface area contributed by atoms with E-state index in [0.29, 0.717) is 23.1 Å². The zero-order valence-corrected chi connectivity index (χ0v) is 15.2. The molecule has 2 aromatic carbocycles. The first-order chi connectivity index (χ1) is 12.6. The summed E-state index contributed by atoms with van der Waals surface area (Å²) < 4.78 is 11.0. The molecule has 2 aromatic rings. The second kappa shape index (κ2) is 8.23. The number of esters is 1. The highest BCUT2D eigenvalue weighted by atomic mass is 35.5. The third-order valence-corrected chi connectivity index (χ3v) is 4.56. The van der Waals surface area contributed by atoms with Crippen LogP contribution in [0.5, 0.6) is 5.75 Å². The van der Waals surface area contributed by atoms with Gasteiger partial charge in [-0.3, -0.25) is 9.59 Å². The summed E-state index contributed by atoms with van der Waals surface area (Å²) in [5, 5.41) is 0.487. The van der Waals surface area contributed by atoms with Gasteiger partial charge in [-0.15, -0.1) is 0 Å². The van der Waals surface area contributed by atoms with Crippen LogP contribution in [0.4, 0.5) is 5.69 Å². The second-order valence-electron chi connectivity index (χ2n) is 6.01. The summed E-state index contributed by atoms with van der Waals surface area (Å²) in [6.07, 6.45) is 0.122. The number of carbonyl (C=O) groups excluding carboxylic acids is 2. The quantitative estimate of drug-likeness (QED) is 0.722. The van der Waals surface area contributed by atoms with Gasteiger partial charge in [0.15, 0.2) is 0 Å². The van der Waals surface area contributed by atoms with E-state index in [0.717, 1.165) is 5.56 Å². The molecule has 26 heavy (non-hydrogen) atoms. The Balaban J connectivity index is 1.63. The molecule has 0 radical (unpaired) electrons. The summed E-state index contributed by atoms with van der Waals surface area (Å²) in [4.78, 5) is 26.3. The van der Waals surface area contributed by atoms with E-state index in [4.69, 9.17) is 21.1 Å². The fourth-order valence-electron chi connectivity index (χ4n) is 2.96. The maximum absolute atomic E-state index is 12.4. The molecule has 6 heteroatoms. The molecule has 1 amide bonds. The first kappa shape index (κ1) is 18.3. The fraction of sp³-hybridized carbons (Fsp3) is 0.300. The van der Waals surface area contributed by atoms with Crippen LogP contribution in [0.3, 0.4) is 0 Å². The molecule has 1 unspecified atom stereocenters. The molecular weight excluding hydrogens is 354 g/mol. The van der Waals surface area contributed by atoms with E-state index in [-0.39, 0.29) is 31.4 Å². The van der Waals surface area contributed by atoms with Crippen molar-refractivity contribution in [1.29, 1.82) is 0 Å². The lowest BCUT2D eigenvalue weighted by molar-refractivity contribution is -0.149. The molecule has 5 nitrogen and oxygen atoms in total. The molecule has 0 N–H and O–H groups in total. The number of para-hydroxylation sites is 2. The predicted molar refractivity (Wildman–Crippen MR) is 99.3 cm³/mol. The Morgan fingerprint density at radius 3 is 2.69 bits per heavy atom. The maximum atomic E-state index is 12.4. The highest BCUT2D eigenvalue weighted by molar-refractivity contribution is 6.33. The van der Waals surface area contributed by atoms with Crippen molar-refractivity contribution in [1.82, 2.24) is 0 Å². The van der Waals surface area contributed by atoms with Crippen LogP contribution < -0.4 is 9.64 Å². The Hall–Kier alpha value is -2.53. The van der Waals surface area contributed by atoms with Crippen LogP contribution in [0.1, 0.15) is 18.9 Å². The van der Waals surface area contributed by atoms with Gasteiger partial charge in [0.05, 0.1) is 23.2 Å². The van der Waals surface area contributed by atoms with Gasteiger partial charge in [-0.25, -0.2) is 0 Å². The van der Waals surface area contributed by atoms with Gasteiger partial charge < -0.3 is 14.4 Å². The lowest BCUT2D eigenvalue weighted by Gasteiger charge is -2.18. The molecule has 1 aliphatic heterocycles. The molecule has 1 atom stereocenters. The first-order valence-electron chi connectivity index (χ1n) is 8.52. The van der Waals surface area contributed by atoms with Crippen LogP contribution in [0.25, 0.3) is 0 Å². The molecule has 3 rings (SSSR count). The molecule has 1 aliphatic rings. The number of amides is 1. The average molecular weight is 374 g/mol. The summed E-state index contributed by atoms with van der Waals surface area (Å²) in [5.41, 5.74) is 1.42. The summed E-state index contributed by atoms with van der Waals surface area (Å²) in [6, 6.07) is 14.5. The number of ether oxygens (including phenoxy) is 2.